The van der Waals surface area contributed by atoms with Crippen LogP contribution in [0.1, 0.15) is 38.4 Å². The lowest BCUT2D eigenvalue weighted by molar-refractivity contribution is -0.132. The number of likely N-dealkylation sites (tertiary alicyclic amines) is 1. The molecule has 1 atom stereocenters. The van der Waals surface area contributed by atoms with Gasteiger partial charge in [0.1, 0.15) is 0 Å². The van der Waals surface area contributed by atoms with Gasteiger partial charge in [-0.2, -0.15) is 5.10 Å². The second-order valence-electron chi connectivity index (χ2n) is 7.41. The van der Waals surface area contributed by atoms with Crippen molar-refractivity contribution in [1.29, 1.82) is 0 Å². The van der Waals surface area contributed by atoms with Gasteiger partial charge in [0, 0.05) is 29.1 Å². The molecule has 0 spiro atoms. The van der Waals surface area contributed by atoms with Crippen LogP contribution < -0.4 is 5.73 Å². The van der Waals surface area contributed by atoms with Crippen molar-refractivity contribution in [3.05, 3.63) is 28.9 Å². The third-order valence-electron chi connectivity index (χ3n) is 5.62. The summed E-state index contributed by atoms with van der Waals surface area (Å²) in [6.07, 6.45) is 2.72. The molecule has 1 amide bonds. The number of aromatic amines is 1. The molecule has 1 aliphatic heterocycles. The average molecular weight is 365 g/mol. The number of rotatable bonds is 4. The van der Waals surface area contributed by atoms with Crippen LogP contribution in [0, 0.1) is 11.3 Å². The second kappa shape index (κ2) is 6.94. The third-order valence-corrected chi connectivity index (χ3v) is 5.84. The number of piperidine rings is 1. The van der Waals surface area contributed by atoms with Crippen molar-refractivity contribution in [2.75, 3.05) is 19.6 Å². The van der Waals surface area contributed by atoms with Crippen molar-refractivity contribution < 1.29 is 9.90 Å². The molecule has 7 heteroatoms. The van der Waals surface area contributed by atoms with Gasteiger partial charge in [0.05, 0.1) is 24.4 Å². The van der Waals surface area contributed by atoms with Gasteiger partial charge in [-0.1, -0.05) is 25.4 Å². The van der Waals surface area contributed by atoms with E-state index in [0.29, 0.717) is 24.0 Å². The predicted octanol–water partition coefficient (Wildman–Crippen LogP) is 2.47. The Labute approximate surface area is 152 Å². The van der Waals surface area contributed by atoms with E-state index in [0.717, 1.165) is 29.3 Å². The molecule has 2 aromatic rings. The Morgan fingerprint density at radius 3 is 2.80 bits per heavy atom. The van der Waals surface area contributed by atoms with Crippen molar-refractivity contribution in [3.8, 4) is 0 Å². The fourth-order valence-corrected chi connectivity index (χ4v) is 4.12. The molecule has 0 aliphatic carbocycles. The highest BCUT2D eigenvalue weighted by molar-refractivity contribution is 6.31. The SMILES string of the molecule is CC(C)(C1CCN(C(=O)CN)CC1)[C@H](O)c1cc(Cl)cc2cn[nH]c12. The number of carbonyl (C=O) groups is 1. The minimum Gasteiger partial charge on any atom is -0.388 e. The molecule has 25 heavy (non-hydrogen) atoms. The molecule has 1 aromatic carbocycles. The van der Waals surface area contributed by atoms with Gasteiger partial charge in [-0.3, -0.25) is 9.89 Å². The highest BCUT2D eigenvalue weighted by Gasteiger charge is 2.40. The highest BCUT2D eigenvalue weighted by Crippen LogP contribution is 2.46. The van der Waals surface area contributed by atoms with Crippen molar-refractivity contribution in [1.82, 2.24) is 15.1 Å². The molecule has 2 heterocycles. The second-order valence-corrected chi connectivity index (χ2v) is 7.85. The van der Waals surface area contributed by atoms with Crippen LogP contribution >= 0.6 is 11.6 Å². The number of hydrogen-bond acceptors (Lipinski definition) is 4. The number of benzene rings is 1. The summed E-state index contributed by atoms with van der Waals surface area (Å²) in [5.74, 6) is 0.284. The van der Waals surface area contributed by atoms with Gasteiger partial charge in [0.25, 0.3) is 0 Å². The highest BCUT2D eigenvalue weighted by atomic mass is 35.5. The average Bonchev–Trinajstić information content (AvgIpc) is 3.08. The number of aliphatic hydroxyl groups excluding tert-OH is 1. The molecular weight excluding hydrogens is 340 g/mol. The summed E-state index contributed by atoms with van der Waals surface area (Å²) in [5.41, 5.74) is 6.68. The third kappa shape index (κ3) is 3.38. The molecule has 1 aromatic heterocycles. The van der Waals surface area contributed by atoms with Crippen molar-refractivity contribution >= 4 is 28.4 Å². The summed E-state index contributed by atoms with van der Waals surface area (Å²) < 4.78 is 0. The van der Waals surface area contributed by atoms with Crippen molar-refractivity contribution in [2.24, 2.45) is 17.1 Å². The summed E-state index contributed by atoms with van der Waals surface area (Å²) in [4.78, 5) is 13.6. The van der Waals surface area contributed by atoms with Gasteiger partial charge in [0.15, 0.2) is 0 Å². The lowest BCUT2D eigenvalue weighted by atomic mass is 9.68. The number of nitrogens with zero attached hydrogens (tertiary/aromatic N) is 2. The number of fused-ring (bicyclic) bond motifs is 1. The van der Waals surface area contributed by atoms with Gasteiger partial charge in [-0.15, -0.1) is 0 Å². The predicted molar refractivity (Wildman–Crippen MR) is 98.2 cm³/mol. The lowest BCUT2D eigenvalue weighted by Crippen LogP contribution is -2.45. The maximum absolute atomic E-state index is 11.8. The number of aliphatic hydroxyl groups is 1. The van der Waals surface area contributed by atoms with Crippen LogP contribution in [0.15, 0.2) is 18.3 Å². The van der Waals surface area contributed by atoms with Gasteiger partial charge >= 0.3 is 0 Å². The van der Waals surface area contributed by atoms with Crippen LogP contribution in [0.4, 0.5) is 0 Å². The maximum atomic E-state index is 11.8. The van der Waals surface area contributed by atoms with E-state index in [9.17, 15) is 9.90 Å². The van der Waals surface area contributed by atoms with E-state index in [-0.39, 0.29) is 17.9 Å². The van der Waals surface area contributed by atoms with E-state index in [1.807, 2.05) is 17.0 Å². The number of amides is 1. The van der Waals surface area contributed by atoms with E-state index in [1.54, 1.807) is 6.20 Å². The van der Waals surface area contributed by atoms with E-state index >= 15 is 0 Å². The number of halogens is 1. The Kier molecular flexibility index (Phi) is 5.04. The van der Waals surface area contributed by atoms with E-state index in [1.165, 1.54) is 0 Å². The molecule has 4 N–H and O–H groups in total. The summed E-state index contributed by atoms with van der Waals surface area (Å²) in [5, 5.41) is 19.7. The Morgan fingerprint density at radius 2 is 2.16 bits per heavy atom. The fourth-order valence-electron chi connectivity index (χ4n) is 3.89. The molecule has 3 rings (SSSR count). The number of nitrogens with two attached hydrogens (primary N) is 1. The Balaban J connectivity index is 1.82. The van der Waals surface area contributed by atoms with Crippen LogP contribution in [0.2, 0.25) is 5.02 Å². The molecule has 0 radical (unpaired) electrons. The molecule has 0 bridgehead atoms. The first kappa shape index (κ1) is 18.2. The van der Waals surface area contributed by atoms with Crippen molar-refractivity contribution in [2.45, 2.75) is 32.8 Å². The van der Waals surface area contributed by atoms with Crippen molar-refractivity contribution in [3.63, 3.8) is 0 Å². The minimum atomic E-state index is -0.684. The van der Waals surface area contributed by atoms with E-state index < -0.39 is 6.10 Å². The van der Waals surface area contributed by atoms with E-state index in [2.05, 4.69) is 24.0 Å². The Bertz CT molecular complexity index is 766. The number of aromatic nitrogens is 2. The first-order chi connectivity index (χ1) is 11.8. The van der Waals surface area contributed by atoms with Gasteiger partial charge in [0.2, 0.25) is 5.91 Å². The van der Waals surface area contributed by atoms with Gasteiger partial charge < -0.3 is 15.7 Å². The topological polar surface area (TPSA) is 95.2 Å². The van der Waals surface area contributed by atoms with Gasteiger partial charge in [-0.25, -0.2) is 0 Å². The maximum Gasteiger partial charge on any atom is 0.236 e. The zero-order valence-electron chi connectivity index (χ0n) is 14.6. The number of nitrogens with one attached hydrogen (secondary N) is 1. The quantitative estimate of drug-likeness (QED) is 0.776. The fraction of sp³-hybridized carbons (Fsp3) is 0.556. The Hall–Kier alpha value is -1.63. The van der Waals surface area contributed by atoms with Crippen LogP contribution in [0.5, 0.6) is 0 Å². The smallest absolute Gasteiger partial charge is 0.236 e. The zero-order valence-corrected chi connectivity index (χ0v) is 15.4. The molecule has 1 saturated heterocycles. The first-order valence-corrected chi connectivity index (χ1v) is 9.00. The molecule has 136 valence electrons. The molecule has 0 unspecified atom stereocenters. The molecule has 1 aliphatic rings. The molecular formula is C18H25ClN4O2. The minimum absolute atomic E-state index is 0.00851. The largest absolute Gasteiger partial charge is 0.388 e. The summed E-state index contributed by atoms with van der Waals surface area (Å²) >= 11 is 6.22. The first-order valence-electron chi connectivity index (χ1n) is 8.63. The van der Waals surface area contributed by atoms with Crippen LogP contribution in [0.3, 0.4) is 0 Å². The number of hydrogen-bond donors (Lipinski definition) is 3. The Morgan fingerprint density at radius 1 is 1.48 bits per heavy atom. The molecule has 1 fully saturated rings. The van der Waals surface area contributed by atoms with E-state index in [4.69, 9.17) is 17.3 Å². The number of carbonyl (C=O) groups excluding carboxylic acids is 1. The summed E-state index contributed by atoms with van der Waals surface area (Å²) in [6.45, 7) is 5.58. The van der Waals surface area contributed by atoms with Gasteiger partial charge in [-0.05, 0) is 36.3 Å². The standard InChI is InChI=1S/C18H25ClN4O2/c1-18(2,12-3-5-23(6-4-12)15(24)9-20)17(25)14-8-13(19)7-11-10-21-22-16(11)14/h7-8,10,12,17,25H,3-6,9,20H2,1-2H3,(H,21,22)/t17-/m1/s1. The van der Waals surface area contributed by atoms with Crippen LogP contribution in [-0.2, 0) is 4.79 Å². The van der Waals surface area contributed by atoms with Crippen LogP contribution in [-0.4, -0.2) is 45.7 Å². The lowest BCUT2D eigenvalue weighted by Gasteiger charge is -2.43. The molecule has 0 saturated carbocycles. The summed E-state index contributed by atoms with van der Waals surface area (Å²) in [7, 11) is 0. The summed E-state index contributed by atoms with van der Waals surface area (Å²) in [6, 6.07) is 3.64. The molecule has 6 nitrogen and oxygen atoms in total. The zero-order chi connectivity index (χ0) is 18.2. The number of H-pyrrole nitrogens is 1. The van der Waals surface area contributed by atoms with Crippen LogP contribution in [0.25, 0.3) is 10.9 Å². The monoisotopic (exact) mass is 364 g/mol. The normalized spacial score (nSPS) is 17.9.